The van der Waals surface area contributed by atoms with E-state index in [1.165, 1.54) is 6.07 Å². The maximum absolute atomic E-state index is 11.5. The number of aromatic nitrogens is 2. The lowest BCUT2D eigenvalue weighted by molar-refractivity contribution is 0.109. The van der Waals surface area contributed by atoms with Crippen molar-refractivity contribution < 1.29 is 4.74 Å². The average Bonchev–Trinajstić information content (AvgIpc) is 2.31. The third-order valence-corrected chi connectivity index (χ3v) is 3.24. The Morgan fingerprint density at radius 1 is 1.44 bits per heavy atom. The van der Waals surface area contributed by atoms with Gasteiger partial charge >= 0.3 is 0 Å². The maximum atomic E-state index is 11.5. The first-order valence-electron chi connectivity index (χ1n) is 6.51. The van der Waals surface area contributed by atoms with E-state index >= 15 is 0 Å². The van der Waals surface area contributed by atoms with Gasteiger partial charge in [0.15, 0.2) is 0 Å². The molecule has 0 unspecified atom stereocenters. The van der Waals surface area contributed by atoms with Crippen molar-refractivity contribution in [2.24, 2.45) is 0 Å². The Morgan fingerprint density at radius 3 is 2.72 bits per heavy atom. The van der Waals surface area contributed by atoms with Crippen molar-refractivity contribution in [2.75, 3.05) is 20.1 Å². The van der Waals surface area contributed by atoms with E-state index in [9.17, 15) is 4.79 Å². The molecule has 0 bridgehead atoms. The van der Waals surface area contributed by atoms with E-state index in [0.29, 0.717) is 11.7 Å². The molecular weight excluding hydrogens is 230 g/mol. The molecule has 1 saturated heterocycles. The zero-order valence-electron chi connectivity index (χ0n) is 11.3. The van der Waals surface area contributed by atoms with Gasteiger partial charge in [-0.15, -0.1) is 0 Å². The van der Waals surface area contributed by atoms with E-state index in [-0.39, 0.29) is 17.6 Å². The molecule has 0 saturated carbocycles. The van der Waals surface area contributed by atoms with Crippen LogP contribution in [0.3, 0.4) is 0 Å². The molecule has 0 radical (unpaired) electrons. The highest BCUT2D eigenvalue weighted by Crippen LogP contribution is 2.17. The molecule has 1 aliphatic rings. The average molecular weight is 251 g/mol. The fraction of sp³-hybridized carbons (Fsp3) is 0.692. The molecule has 18 heavy (non-hydrogen) atoms. The van der Waals surface area contributed by atoms with E-state index in [1.807, 2.05) is 13.8 Å². The Balaban J connectivity index is 2.07. The first-order chi connectivity index (χ1) is 8.54. The topological polar surface area (TPSA) is 58.2 Å². The third-order valence-electron chi connectivity index (χ3n) is 3.24. The Kier molecular flexibility index (Phi) is 4.01. The zero-order chi connectivity index (χ0) is 13.1. The summed E-state index contributed by atoms with van der Waals surface area (Å²) in [6, 6.07) is 1.43. The lowest BCUT2D eigenvalue weighted by Gasteiger charge is -2.28. The Hall–Kier alpha value is -1.36. The van der Waals surface area contributed by atoms with Crippen LogP contribution >= 0.6 is 0 Å². The van der Waals surface area contributed by atoms with Crippen LogP contribution in [0.1, 0.15) is 38.4 Å². The van der Waals surface area contributed by atoms with Gasteiger partial charge in [0.25, 0.3) is 5.56 Å². The van der Waals surface area contributed by atoms with Gasteiger partial charge in [0.05, 0.1) is 6.07 Å². The van der Waals surface area contributed by atoms with Gasteiger partial charge < -0.3 is 14.6 Å². The predicted octanol–water partition coefficient (Wildman–Crippen LogP) is 1.37. The van der Waals surface area contributed by atoms with Crippen LogP contribution in [0.2, 0.25) is 0 Å². The van der Waals surface area contributed by atoms with Crippen LogP contribution in [-0.4, -0.2) is 41.1 Å². The third kappa shape index (κ3) is 3.32. The Labute approximate surface area is 107 Å². The highest BCUT2D eigenvalue weighted by Gasteiger charge is 2.19. The summed E-state index contributed by atoms with van der Waals surface area (Å²) in [4.78, 5) is 20.9. The molecule has 0 aromatic carbocycles. The van der Waals surface area contributed by atoms with E-state index in [4.69, 9.17) is 4.74 Å². The summed E-state index contributed by atoms with van der Waals surface area (Å²) in [6.45, 7) is 6.06. The summed E-state index contributed by atoms with van der Waals surface area (Å²) in [7, 11) is 2.11. The van der Waals surface area contributed by atoms with Crippen molar-refractivity contribution in [3.05, 3.63) is 22.2 Å². The Morgan fingerprint density at radius 2 is 2.11 bits per heavy atom. The van der Waals surface area contributed by atoms with Crippen LogP contribution in [0.4, 0.5) is 0 Å². The van der Waals surface area contributed by atoms with Gasteiger partial charge in [-0.3, -0.25) is 4.79 Å². The van der Waals surface area contributed by atoms with Crippen LogP contribution in [0.15, 0.2) is 10.9 Å². The summed E-state index contributed by atoms with van der Waals surface area (Å²) in [6.07, 6.45) is 2.15. The van der Waals surface area contributed by atoms with Gasteiger partial charge in [-0.1, -0.05) is 13.8 Å². The molecule has 1 aliphatic heterocycles. The van der Waals surface area contributed by atoms with Gasteiger partial charge in [0, 0.05) is 19.0 Å². The number of hydrogen-bond donors (Lipinski definition) is 1. The monoisotopic (exact) mass is 251 g/mol. The second-order valence-electron chi connectivity index (χ2n) is 5.24. The van der Waals surface area contributed by atoms with Crippen LogP contribution < -0.4 is 10.3 Å². The van der Waals surface area contributed by atoms with E-state index < -0.39 is 0 Å². The number of H-pyrrole nitrogens is 1. The zero-order valence-corrected chi connectivity index (χ0v) is 11.3. The molecule has 1 aromatic rings. The molecule has 0 aliphatic carbocycles. The van der Waals surface area contributed by atoms with Gasteiger partial charge in [-0.05, 0) is 19.9 Å². The number of piperidine rings is 1. The molecule has 1 fully saturated rings. The number of nitrogens with one attached hydrogen (secondary N) is 1. The van der Waals surface area contributed by atoms with Crippen molar-refractivity contribution >= 4 is 0 Å². The summed E-state index contributed by atoms with van der Waals surface area (Å²) in [5.74, 6) is 1.33. The molecule has 100 valence electrons. The first kappa shape index (κ1) is 13.1. The fourth-order valence-electron chi connectivity index (χ4n) is 2.06. The number of aromatic amines is 1. The van der Waals surface area contributed by atoms with Crippen LogP contribution in [-0.2, 0) is 0 Å². The van der Waals surface area contributed by atoms with Crippen molar-refractivity contribution in [1.82, 2.24) is 14.9 Å². The van der Waals surface area contributed by atoms with E-state index in [1.54, 1.807) is 0 Å². The molecule has 2 rings (SSSR count). The second kappa shape index (κ2) is 5.52. The predicted molar refractivity (Wildman–Crippen MR) is 70.1 cm³/mol. The normalized spacial score (nSPS) is 18.2. The van der Waals surface area contributed by atoms with Gasteiger partial charge in [-0.2, -0.15) is 4.98 Å². The van der Waals surface area contributed by atoms with Gasteiger partial charge in [-0.25, -0.2) is 0 Å². The highest BCUT2D eigenvalue weighted by atomic mass is 16.5. The van der Waals surface area contributed by atoms with Gasteiger partial charge in [0.1, 0.15) is 11.9 Å². The number of ether oxygens (including phenoxy) is 1. The minimum absolute atomic E-state index is 0.142. The first-order valence-corrected chi connectivity index (χ1v) is 6.51. The van der Waals surface area contributed by atoms with Crippen molar-refractivity contribution in [1.29, 1.82) is 0 Å². The summed E-state index contributed by atoms with van der Waals surface area (Å²) < 4.78 is 5.82. The standard InChI is InChI=1S/C13H21N3O2/c1-9(2)13-14-11(17)8-12(15-13)18-10-4-6-16(3)7-5-10/h8-10H,4-7H2,1-3H3,(H,14,15,17). The van der Waals surface area contributed by atoms with Crippen LogP contribution in [0.5, 0.6) is 5.88 Å². The molecule has 1 N–H and O–H groups in total. The summed E-state index contributed by atoms with van der Waals surface area (Å²) in [5.41, 5.74) is -0.142. The molecule has 1 aromatic heterocycles. The molecule has 0 atom stereocenters. The lowest BCUT2D eigenvalue weighted by Crippen LogP contribution is -2.36. The smallest absolute Gasteiger partial charge is 0.254 e. The summed E-state index contributed by atoms with van der Waals surface area (Å²) in [5, 5.41) is 0. The minimum Gasteiger partial charge on any atom is -0.474 e. The molecule has 5 nitrogen and oxygen atoms in total. The van der Waals surface area contributed by atoms with Crippen molar-refractivity contribution in [3.8, 4) is 5.88 Å². The Bertz CT molecular complexity index is 448. The minimum atomic E-state index is -0.142. The lowest BCUT2D eigenvalue weighted by atomic mass is 10.1. The molecule has 5 heteroatoms. The number of nitrogens with zero attached hydrogens (tertiary/aromatic N) is 2. The van der Waals surface area contributed by atoms with Gasteiger partial charge in [0.2, 0.25) is 5.88 Å². The van der Waals surface area contributed by atoms with Crippen molar-refractivity contribution in [2.45, 2.75) is 38.7 Å². The van der Waals surface area contributed by atoms with Crippen LogP contribution in [0.25, 0.3) is 0 Å². The van der Waals surface area contributed by atoms with Crippen LogP contribution in [0, 0.1) is 0 Å². The number of hydrogen-bond acceptors (Lipinski definition) is 4. The summed E-state index contributed by atoms with van der Waals surface area (Å²) >= 11 is 0. The highest BCUT2D eigenvalue weighted by molar-refractivity contribution is 5.11. The van der Waals surface area contributed by atoms with Crippen molar-refractivity contribution in [3.63, 3.8) is 0 Å². The molecule has 0 amide bonds. The fourth-order valence-corrected chi connectivity index (χ4v) is 2.06. The molecule has 0 spiro atoms. The maximum Gasteiger partial charge on any atom is 0.254 e. The molecule has 2 heterocycles. The molecular formula is C13H21N3O2. The quantitative estimate of drug-likeness (QED) is 0.881. The number of likely N-dealkylation sites (tertiary alicyclic amines) is 1. The van der Waals surface area contributed by atoms with E-state index in [0.717, 1.165) is 25.9 Å². The SMILES string of the molecule is CC(C)c1nc(OC2CCN(C)CC2)cc(=O)[nH]1. The van der Waals surface area contributed by atoms with E-state index in [2.05, 4.69) is 21.9 Å². The second-order valence-corrected chi connectivity index (χ2v) is 5.24. The largest absolute Gasteiger partial charge is 0.474 e. The number of rotatable bonds is 3.